The van der Waals surface area contributed by atoms with Gasteiger partial charge in [-0.1, -0.05) is 6.07 Å². The molecule has 1 atom stereocenters. The third kappa shape index (κ3) is 2.78. The summed E-state index contributed by atoms with van der Waals surface area (Å²) in [6.07, 6.45) is 2.49. The largest absolute Gasteiger partial charge is 0.371 e. The van der Waals surface area contributed by atoms with Gasteiger partial charge in [0.15, 0.2) is 0 Å². The number of anilines is 2. The predicted octanol–water partition coefficient (Wildman–Crippen LogP) is 3.16. The summed E-state index contributed by atoms with van der Waals surface area (Å²) >= 11 is 5.77. The number of halogens is 1. The molecule has 4 heteroatoms. The lowest BCUT2D eigenvalue weighted by atomic mass is 10.1. The maximum atomic E-state index is 11.6. The lowest BCUT2D eigenvalue weighted by Crippen LogP contribution is -2.22. The summed E-state index contributed by atoms with van der Waals surface area (Å²) in [5.41, 5.74) is 3.19. The zero-order valence-corrected chi connectivity index (χ0v) is 11.6. The van der Waals surface area contributed by atoms with Crippen molar-refractivity contribution < 1.29 is 4.79 Å². The molecule has 1 amide bonds. The molecule has 1 N–H and O–H groups in total. The van der Waals surface area contributed by atoms with Gasteiger partial charge in [0, 0.05) is 24.5 Å². The second-order valence-electron chi connectivity index (χ2n) is 4.75. The highest BCUT2D eigenvalue weighted by Crippen LogP contribution is 2.29. The third-order valence-electron chi connectivity index (χ3n) is 3.37. The van der Waals surface area contributed by atoms with E-state index in [0.717, 1.165) is 24.3 Å². The Morgan fingerprint density at radius 1 is 1.39 bits per heavy atom. The van der Waals surface area contributed by atoms with Crippen LogP contribution in [0.4, 0.5) is 11.4 Å². The van der Waals surface area contributed by atoms with Crippen molar-refractivity contribution >= 4 is 28.9 Å². The van der Waals surface area contributed by atoms with E-state index < -0.39 is 5.38 Å². The Morgan fingerprint density at radius 3 is 2.67 bits per heavy atom. The molecule has 0 aromatic heterocycles. The normalized spacial score (nSPS) is 16.7. The van der Waals surface area contributed by atoms with Crippen LogP contribution in [0.1, 0.15) is 25.3 Å². The lowest BCUT2D eigenvalue weighted by molar-refractivity contribution is -0.115. The van der Waals surface area contributed by atoms with Crippen molar-refractivity contribution in [2.75, 3.05) is 23.3 Å². The van der Waals surface area contributed by atoms with E-state index >= 15 is 0 Å². The molecule has 1 aromatic carbocycles. The van der Waals surface area contributed by atoms with Crippen LogP contribution in [0.3, 0.4) is 0 Å². The average Bonchev–Trinajstić information content (AvgIpc) is 2.85. The molecule has 98 valence electrons. The molecule has 1 aliphatic rings. The SMILES string of the molecule is Cc1c(NC(=O)[C@H](C)Cl)cccc1N1CCCC1. The Balaban J connectivity index is 2.21. The topological polar surface area (TPSA) is 32.3 Å². The Labute approximate surface area is 113 Å². The summed E-state index contributed by atoms with van der Waals surface area (Å²) in [6, 6.07) is 6.02. The van der Waals surface area contributed by atoms with E-state index in [1.165, 1.54) is 18.5 Å². The number of nitrogens with zero attached hydrogens (tertiary/aromatic N) is 1. The van der Waals surface area contributed by atoms with Crippen LogP contribution in [-0.2, 0) is 4.79 Å². The zero-order chi connectivity index (χ0) is 13.1. The molecule has 0 aliphatic carbocycles. The maximum absolute atomic E-state index is 11.6. The molecule has 3 nitrogen and oxygen atoms in total. The first-order valence-electron chi connectivity index (χ1n) is 6.39. The molecule has 0 bridgehead atoms. The zero-order valence-electron chi connectivity index (χ0n) is 10.9. The molecule has 1 aromatic rings. The fraction of sp³-hybridized carbons (Fsp3) is 0.500. The summed E-state index contributed by atoms with van der Waals surface area (Å²) in [6.45, 7) is 5.92. The lowest BCUT2D eigenvalue weighted by Gasteiger charge is -2.22. The Bertz CT molecular complexity index is 439. The maximum Gasteiger partial charge on any atom is 0.242 e. The summed E-state index contributed by atoms with van der Waals surface area (Å²) in [4.78, 5) is 14.0. The molecule has 0 saturated carbocycles. The Morgan fingerprint density at radius 2 is 2.06 bits per heavy atom. The van der Waals surface area contributed by atoms with Crippen LogP contribution in [0, 0.1) is 6.92 Å². The first kappa shape index (κ1) is 13.2. The number of carbonyl (C=O) groups is 1. The van der Waals surface area contributed by atoms with Crippen LogP contribution in [0.2, 0.25) is 0 Å². The van der Waals surface area contributed by atoms with E-state index in [4.69, 9.17) is 11.6 Å². The van der Waals surface area contributed by atoms with Crippen LogP contribution < -0.4 is 10.2 Å². The minimum absolute atomic E-state index is 0.154. The smallest absolute Gasteiger partial charge is 0.242 e. The summed E-state index contributed by atoms with van der Waals surface area (Å²) in [5, 5.41) is 2.36. The van der Waals surface area contributed by atoms with Crippen LogP contribution in [0.5, 0.6) is 0 Å². The summed E-state index contributed by atoms with van der Waals surface area (Å²) in [7, 11) is 0. The molecular formula is C14H19ClN2O. The standard InChI is InChI=1S/C14H19ClN2O/c1-10-12(16-14(18)11(2)15)6-5-7-13(10)17-8-3-4-9-17/h5-7,11H,3-4,8-9H2,1-2H3,(H,16,18)/t11-/m0/s1. The monoisotopic (exact) mass is 266 g/mol. The number of alkyl halides is 1. The molecule has 1 saturated heterocycles. The second-order valence-corrected chi connectivity index (χ2v) is 5.40. The van der Waals surface area contributed by atoms with E-state index in [1.807, 2.05) is 19.1 Å². The average molecular weight is 267 g/mol. The fourth-order valence-electron chi connectivity index (χ4n) is 2.29. The molecule has 0 spiro atoms. The van der Waals surface area contributed by atoms with Gasteiger partial charge in [-0.15, -0.1) is 11.6 Å². The van der Waals surface area contributed by atoms with Gasteiger partial charge in [-0.05, 0) is 44.4 Å². The van der Waals surface area contributed by atoms with Gasteiger partial charge in [-0.25, -0.2) is 0 Å². The van der Waals surface area contributed by atoms with Crippen molar-refractivity contribution in [2.24, 2.45) is 0 Å². The van der Waals surface area contributed by atoms with Crippen molar-refractivity contribution in [2.45, 2.75) is 32.1 Å². The van der Waals surface area contributed by atoms with E-state index in [2.05, 4.69) is 16.3 Å². The molecule has 1 heterocycles. The van der Waals surface area contributed by atoms with Gasteiger partial charge >= 0.3 is 0 Å². The minimum Gasteiger partial charge on any atom is -0.371 e. The number of rotatable bonds is 3. The molecule has 18 heavy (non-hydrogen) atoms. The molecule has 1 fully saturated rings. The summed E-state index contributed by atoms with van der Waals surface area (Å²) < 4.78 is 0. The number of benzene rings is 1. The van der Waals surface area contributed by atoms with Crippen molar-refractivity contribution in [3.05, 3.63) is 23.8 Å². The third-order valence-corrected chi connectivity index (χ3v) is 3.57. The van der Waals surface area contributed by atoms with Crippen molar-refractivity contribution in [1.82, 2.24) is 0 Å². The van der Waals surface area contributed by atoms with Gasteiger partial charge < -0.3 is 10.2 Å². The summed E-state index contributed by atoms with van der Waals surface area (Å²) in [5.74, 6) is -0.154. The minimum atomic E-state index is -0.514. The molecule has 1 aliphatic heterocycles. The first-order chi connectivity index (χ1) is 8.59. The van der Waals surface area contributed by atoms with Gasteiger partial charge in [0.05, 0.1) is 0 Å². The molecule has 0 unspecified atom stereocenters. The van der Waals surface area contributed by atoms with Crippen LogP contribution in [0.15, 0.2) is 18.2 Å². The van der Waals surface area contributed by atoms with Gasteiger partial charge in [-0.3, -0.25) is 4.79 Å². The molecule has 0 radical (unpaired) electrons. The van der Waals surface area contributed by atoms with E-state index in [0.29, 0.717) is 0 Å². The van der Waals surface area contributed by atoms with Crippen molar-refractivity contribution in [1.29, 1.82) is 0 Å². The number of carbonyl (C=O) groups excluding carboxylic acids is 1. The highest BCUT2D eigenvalue weighted by Gasteiger charge is 2.17. The van der Waals surface area contributed by atoms with Crippen molar-refractivity contribution in [3.8, 4) is 0 Å². The number of hydrogen-bond donors (Lipinski definition) is 1. The molecular weight excluding hydrogens is 248 g/mol. The quantitative estimate of drug-likeness (QED) is 0.853. The van der Waals surface area contributed by atoms with Gasteiger partial charge in [0.2, 0.25) is 5.91 Å². The first-order valence-corrected chi connectivity index (χ1v) is 6.82. The van der Waals surface area contributed by atoms with Gasteiger partial charge in [0.25, 0.3) is 0 Å². The Hall–Kier alpha value is -1.22. The van der Waals surface area contributed by atoms with E-state index in [1.54, 1.807) is 6.92 Å². The number of hydrogen-bond acceptors (Lipinski definition) is 2. The highest BCUT2D eigenvalue weighted by atomic mass is 35.5. The van der Waals surface area contributed by atoms with Gasteiger partial charge in [-0.2, -0.15) is 0 Å². The molecule has 2 rings (SSSR count). The van der Waals surface area contributed by atoms with Crippen molar-refractivity contribution in [3.63, 3.8) is 0 Å². The fourth-order valence-corrected chi connectivity index (χ4v) is 2.35. The number of nitrogens with one attached hydrogen (secondary N) is 1. The predicted molar refractivity (Wildman–Crippen MR) is 76.6 cm³/mol. The highest BCUT2D eigenvalue weighted by molar-refractivity contribution is 6.32. The van der Waals surface area contributed by atoms with Crippen LogP contribution in [-0.4, -0.2) is 24.4 Å². The van der Waals surface area contributed by atoms with E-state index in [9.17, 15) is 4.79 Å². The van der Waals surface area contributed by atoms with Crippen LogP contribution >= 0.6 is 11.6 Å². The van der Waals surface area contributed by atoms with E-state index in [-0.39, 0.29) is 5.91 Å². The number of amides is 1. The second kappa shape index (κ2) is 5.61. The van der Waals surface area contributed by atoms with Crippen LogP contribution in [0.25, 0.3) is 0 Å². The van der Waals surface area contributed by atoms with Gasteiger partial charge in [0.1, 0.15) is 5.38 Å². The Kier molecular flexibility index (Phi) is 4.12.